The summed E-state index contributed by atoms with van der Waals surface area (Å²) in [6.07, 6.45) is 0.729. The zero-order chi connectivity index (χ0) is 14.3. The summed E-state index contributed by atoms with van der Waals surface area (Å²) in [6.45, 7) is 0.702. The molecule has 0 fully saturated rings. The molecule has 0 saturated carbocycles. The van der Waals surface area contributed by atoms with Crippen LogP contribution in [-0.4, -0.2) is 36.0 Å². The molecule has 0 heterocycles. The van der Waals surface area contributed by atoms with Crippen molar-refractivity contribution in [2.24, 2.45) is 5.73 Å². The molecule has 0 atom stereocenters. The normalized spacial score (nSPS) is 10.0. The van der Waals surface area contributed by atoms with E-state index in [0.717, 1.165) is 0 Å². The van der Waals surface area contributed by atoms with Crippen molar-refractivity contribution in [2.75, 3.05) is 20.2 Å². The summed E-state index contributed by atoms with van der Waals surface area (Å²) in [5, 5.41) is 0. The van der Waals surface area contributed by atoms with Crippen molar-refractivity contribution in [3.63, 3.8) is 0 Å². The molecule has 0 bridgehead atoms. The van der Waals surface area contributed by atoms with Crippen molar-refractivity contribution in [3.8, 4) is 5.75 Å². The van der Waals surface area contributed by atoms with Gasteiger partial charge in [0, 0.05) is 26.1 Å². The Bertz CT molecular complexity index is 454. The van der Waals surface area contributed by atoms with Gasteiger partial charge < -0.3 is 15.4 Å². The van der Waals surface area contributed by atoms with Gasteiger partial charge >= 0.3 is 0 Å². The fourth-order valence-electron chi connectivity index (χ4n) is 1.41. The molecule has 1 aromatic rings. The van der Waals surface area contributed by atoms with Gasteiger partial charge in [0.05, 0.1) is 18.0 Å². The molecule has 1 amide bonds. The zero-order valence-corrected chi connectivity index (χ0v) is 11.6. The first-order chi connectivity index (χ1) is 8.99. The van der Waals surface area contributed by atoms with E-state index in [1.54, 1.807) is 24.1 Å². The van der Waals surface area contributed by atoms with Gasteiger partial charge in [-0.15, -0.1) is 0 Å². The summed E-state index contributed by atoms with van der Waals surface area (Å²) in [6, 6.07) is 5.81. The molecule has 4 nitrogen and oxygen atoms in total. The van der Waals surface area contributed by atoms with Crippen LogP contribution in [0.2, 0.25) is 0 Å². The van der Waals surface area contributed by atoms with Gasteiger partial charge in [-0.25, -0.2) is 4.39 Å². The number of halogens is 1. The third kappa shape index (κ3) is 6.15. The Morgan fingerprint density at radius 2 is 2.21 bits per heavy atom. The molecular weight excluding hydrogens is 267 g/mol. The molecule has 0 radical (unpaired) electrons. The van der Waals surface area contributed by atoms with Crippen molar-refractivity contribution in [3.05, 3.63) is 30.1 Å². The lowest BCUT2D eigenvalue weighted by Gasteiger charge is -2.16. The highest BCUT2D eigenvalue weighted by Crippen LogP contribution is 2.12. The van der Waals surface area contributed by atoms with Crippen molar-refractivity contribution in [1.82, 2.24) is 4.90 Å². The van der Waals surface area contributed by atoms with Gasteiger partial charge in [-0.2, -0.15) is 0 Å². The topological polar surface area (TPSA) is 55.6 Å². The van der Waals surface area contributed by atoms with Crippen molar-refractivity contribution >= 4 is 23.1 Å². The number of amides is 1. The lowest BCUT2D eigenvalue weighted by Crippen LogP contribution is -2.30. The Balaban J connectivity index is 2.28. The fraction of sp³-hybridized carbons (Fsp3) is 0.385. The Morgan fingerprint density at radius 1 is 1.47 bits per heavy atom. The van der Waals surface area contributed by atoms with Crippen LogP contribution in [0.25, 0.3) is 0 Å². The standard InChI is InChI=1S/C13H17FN2O2S/c1-16(7-5-12(15)19)13(17)6-8-18-11-4-2-3-10(14)9-11/h2-4,9H,5-8H2,1H3,(H2,15,19). The smallest absolute Gasteiger partial charge is 0.225 e. The average Bonchev–Trinajstić information content (AvgIpc) is 2.35. The van der Waals surface area contributed by atoms with Crippen LogP contribution in [0.15, 0.2) is 24.3 Å². The first kappa shape index (κ1) is 15.4. The van der Waals surface area contributed by atoms with E-state index in [0.29, 0.717) is 23.7 Å². The van der Waals surface area contributed by atoms with Crippen LogP contribution in [-0.2, 0) is 4.79 Å². The number of nitrogens with two attached hydrogens (primary N) is 1. The van der Waals surface area contributed by atoms with Gasteiger partial charge in [-0.05, 0) is 12.1 Å². The van der Waals surface area contributed by atoms with Crippen LogP contribution in [0.1, 0.15) is 12.8 Å². The molecule has 104 valence electrons. The third-order valence-corrected chi connectivity index (χ3v) is 2.70. The Morgan fingerprint density at radius 3 is 2.84 bits per heavy atom. The first-order valence-corrected chi connectivity index (χ1v) is 6.30. The molecule has 0 spiro atoms. The number of rotatable bonds is 7. The van der Waals surface area contributed by atoms with E-state index >= 15 is 0 Å². The van der Waals surface area contributed by atoms with E-state index in [1.165, 1.54) is 12.1 Å². The molecule has 0 unspecified atom stereocenters. The summed E-state index contributed by atoms with van der Waals surface area (Å²) in [5.74, 6) is -0.0105. The molecule has 0 aliphatic rings. The minimum Gasteiger partial charge on any atom is -0.493 e. The first-order valence-electron chi connectivity index (χ1n) is 5.89. The number of thiocarbonyl (C=S) groups is 1. The molecule has 2 N–H and O–H groups in total. The molecule has 6 heteroatoms. The van der Waals surface area contributed by atoms with Gasteiger partial charge in [0.25, 0.3) is 0 Å². The number of hydrogen-bond donors (Lipinski definition) is 1. The summed E-state index contributed by atoms with van der Waals surface area (Å²) < 4.78 is 18.2. The predicted molar refractivity (Wildman–Crippen MR) is 75.6 cm³/mol. The molecule has 0 aromatic heterocycles. The third-order valence-electron chi connectivity index (χ3n) is 2.50. The second-order valence-electron chi connectivity index (χ2n) is 4.09. The maximum atomic E-state index is 12.9. The predicted octanol–water partition coefficient (Wildman–Crippen LogP) is 1.73. The highest BCUT2D eigenvalue weighted by atomic mass is 32.1. The number of carbonyl (C=O) groups is 1. The fourth-order valence-corrected chi connectivity index (χ4v) is 1.50. The van der Waals surface area contributed by atoms with Crippen LogP contribution in [0.4, 0.5) is 4.39 Å². The Hall–Kier alpha value is -1.69. The Kier molecular flexibility index (Phi) is 6.21. The molecule has 19 heavy (non-hydrogen) atoms. The van der Waals surface area contributed by atoms with E-state index in [2.05, 4.69) is 0 Å². The van der Waals surface area contributed by atoms with E-state index in [9.17, 15) is 9.18 Å². The van der Waals surface area contributed by atoms with Crippen molar-refractivity contribution in [2.45, 2.75) is 12.8 Å². The van der Waals surface area contributed by atoms with Crippen molar-refractivity contribution in [1.29, 1.82) is 0 Å². The highest BCUT2D eigenvalue weighted by Gasteiger charge is 2.09. The van der Waals surface area contributed by atoms with Crippen LogP contribution in [0.3, 0.4) is 0 Å². The van der Waals surface area contributed by atoms with E-state index in [-0.39, 0.29) is 24.8 Å². The SMILES string of the molecule is CN(CCC(N)=S)C(=O)CCOc1cccc(F)c1. The number of nitrogens with zero attached hydrogens (tertiary/aromatic N) is 1. The number of benzene rings is 1. The van der Waals surface area contributed by atoms with Gasteiger partial charge in [0.1, 0.15) is 11.6 Å². The summed E-state index contributed by atoms with van der Waals surface area (Å²) >= 11 is 4.74. The maximum absolute atomic E-state index is 12.9. The molecule has 0 aliphatic carbocycles. The van der Waals surface area contributed by atoms with Gasteiger partial charge in [-0.3, -0.25) is 4.79 Å². The summed E-state index contributed by atoms with van der Waals surface area (Å²) in [4.78, 5) is 13.6. The van der Waals surface area contributed by atoms with E-state index in [4.69, 9.17) is 22.7 Å². The van der Waals surface area contributed by atoms with E-state index < -0.39 is 0 Å². The molecule has 0 saturated heterocycles. The average molecular weight is 284 g/mol. The second-order valence-corrected chi connectivity index (χ2v) is 4.61. The molecule has 1 rings (SSSR count). The molecular formula is C13H17FN2O2S. The summed E-state index contributed by atoms with van der Waals surface area (Å²) in [5.41, 5.74) is 5.36. The van der Waals surface area contributed by atoms with Gasteiger partial charge in [0.15, 0.2) is 0 Å². The minimum atomic E-state index is -0.364. The maximum Gasteiger partial charge on any atom is 0.225 e. The van der Waals surface area contributed by atoms with E-state index in [1.807, 2.05) is 0 Å². The summed E-state index contributed by atoms with van der Waals surface area (Å²) in [7, 11) is 1.68. The van der Waals surface area contributed by atoms with Gasteiger partial charge in [-0.1, -0.05) is 18.3 Å². The number of ether oxygens (including phenoxy) is 1. The monoisotopic (exact) mass is 284 g/mol. The number of hydrogen-bond acceptors (Lipinski definition) is 3. The van der Waals surface area contributed by atoms with Crippen LogP contribution >= 0.6 is 12.2 Å². The highest BCUT2D eigenvalue weighted by molar-refractivity contribution is 7.80. The van der Waals surface area contributed by atoms with Crippen molar-refractivity contribution < 1.29 is 13.9 Å². The van der Waals surface area contributed by atoms with Crippen LogP contribution in [0, 0.1) is 5.82 Å². The molecule has 0 aliphatic heterocycles. The number of carbonyl (C=O) groups excluding carboxylic acids is 1. The Labute approximate surface area is 117 Å². The molecule has 1 aromatic carbocycles. The lowest BCUT2D eigenvalue weighted by molar-refractivity contribution is -0.130. The lowest BCUT2D eigenvalue weighted by atomic mass is 10.3. The zero-order valence-electron chi connectivity index (χ0n) is 10.8. The second kappa shape index (κ2) is 7.68. The quantitative estimate of drug-likeness (QED) is 0.775. The van der Waals surface area contributed by atoms with Gasteiger partial charge in [0.2, 0.25) is 5.91 Å². The van der Waals surface area contributed by atoms with Crippen LogP contribution < -0.4 is 10.5 Å². The van der Waals surface area contributed by atoms with Crippen LogP contribution in [0.5, 0.6) is 5.75 Å². The largest absolute Gasteiger partial charge is 0.493 e. The minimum absolute atomic E-state index is 0.0624.